The zero-order valence-electron chi connectivity index (χ0n) is 15.6. The number of likely N-dealkylation sites (N-methyl/N-ethyl adjacent to an activating group) is 1. The first kappa shape index (κ1) is 19.3. The van der Waals surface area contributed by atoms with Gasteiger partial charge < -0.3 is 15.2 Å². The number of carbonyl (C=O) groups is 2. The van der Waals surface area contributed by atoms with Crippen molar-refractivity contribution in [1.29, 1.82) is 0 Å². The molecule has 0 saturated carbocycles. The fraction of sp³-hybridized carbons (Fsp3) is 0.190. The van der Waals surface area contributed by atoms with Crippen LogP contribution in [0.5, 0.6) is 0 Å². The number of aromatic nitrogens is 2. The van der Waals surface area contributed by atoms with Crippen LogP contribution >= 0.6 is 15.9 Å². The van der Waals surface area contributed by atoms with Crippen molar-refractivity contribution in [2.24, 2.45) is 0 Å². The lowest BCUT2D eigenvalue weighted by atomic mass is 10.1. The Hall–Kier alpha value is -3.00. The Kier molecular flexibility index (Phi) is 5.19. The van der Waals surface area contributed by atoms with Gasteiger partial charge in [0, 0.05) is 37.5 Å². The second kappa shape index (κ2) is 7.79. The molecule has 0 atom stereocenters. The number of hydrogen-bond acceptors (Lipinski definition) is 3. The standard InChI is InChI=1S/C21H18BrFN4O2/c1-27-9-7-15-18(21(27)29)19(22)20(25-15)13-6-8-24-16(11-13)26-17(28)10-12-2-4-14(23)5-3-12/h2-6,8,11,25H,7,9-10H2,1H3,(H,24,26,28). The molecule has 8 heteroatoms. The maximum Gasteiger partial charge on any atom is 0.256 e. The van der Waals surface area contributed by atoms with Crippen LogP contribution in [-0.4, -0.2) is 40.3 Å². The van der Waals surface area contributed by atoms with Crippen molar-refractivity contribution in [2.45, 2.75) is 12.8 Å². The van der Waals surface area contributed by atoms with Crippen molar-refractivity contribution in [1.82, 2.24) is 14.9 Å². The summed E-state index contributed by atoms with van der Waals surface area (Å²) >= 11 is 3.55. The molecule has 0 bridgehead atoms. The van der Waals surface area contributed by atoms with Gasteiger partial charge in [-0.05, 0) is 45.8 Å². The fourth-order valence-electron chi connectivity index (χ4n) is 3.34. The summed E-state index contributed by atoms with van der Waals surface area (Å²) < 4.78 is 13.7. The molecule has 0 saturated heterocycles. The maximum absolute atomic E-state index is 13.0. The molecule has 1 aromatic carbocycles. The number of amides is 2. The number of hydrogen-bond donors (Lipinski definition) is 2. The maximum atomic E-state index is 13.0. The third kappa shape index (κ3) is 3.93. The smallest absolute Gasteiger partial charge is 0.256 e. The van der Waals surface area contributed by atoms with E-state index in [4.69, 9.17) is 0 Å². The largest absolute Gasteiger partial charge is 0.357 e. The first-order valence-electron chi connectivity index (χ1n) is 9.09. The zero-order valence-corrected chi connectivity index (χ0v) is 17.2. The molecular weight excluding hydrogens is 439 g/mol. The van der Waals surface area contributed by atoms with Crippen LogP contribution in [-0.2, 0) is 17.6 Å². The second-order valence-electron chi connectivity index (χ2n) is 6.93. The average molecular weight is 457 g/mol. The van der Waals surface area contributed by atoms with Crippen LogP contribution in [0.15, 0.2) is 47.1 Å². The monoisotopic (exact) mass is 456 g/mol. The Balaban J connectivity index is 1.55. The number of nitrogens with zero attached hydrogens (tertiary/aromatic N) is 2. The molecule has 0 aliphatic carbocycles. The lowest BCUT2D eigenvalue weighted by Gasteiger charge is -2.22. The Bertz CT molecular complexity index is 1090. The van der Waals surface area contributed by atoms with Crippen LogP contribution in [0.2, 0.25) is 0 Å². The fourth-order valence-corrected chi connectivity index (χ4v) is 4.07. The first-order chi connectivity index (χ1) is 13.9. The van der Waals surface area contributed by atoms with Crippen molar-refractivity contribution in [3.63, 3.8) is 0 Å². The van der Waals surface area contributed by atoms with Gasteiger partial charge in [-0.3, -0.25) is 9.59 Å². The number of nitrogens with one attached hydrogen (secondary N) is 2. The van der Waals surface area contributed by atoms with Crippen molar-refractivity contribution >= 4 is 33.6 Å². The van der Waals surface area contributed by atoms with Gasteiger partial charge in [-0.2, -0.15) is 0 Å². The second-order valence-corrected chi connectivity index (χ2v) is 7.72. The Morgan fingerprint density at radius 2 is 2.07 bits per heavy atom. The van der Waals surface area contributed by atoms with E-state index < -0.39 is 0 Å². The minimum atomic E-state index is -0.340. The highest BCUT2D eigenvalue weighted by atomic mass is 79.9. The molecule has 3 heterocycles. The van der Waals surface area contributed by atoms with Crippen LogP contribution in [0.25, 0.3) is 11.3 Å². The number of pyridine rings is 1. The summed E-state index contributed by atoms with van der Waals surface area (Å²) in [7, 11) is 1.78. The van der Waals surface area contributed by atoms with E-state index in [0.29, 0.717) is 28.0 Å². The topological polar surface area (TPSA) is 78.1 Å². The number of rotatable bonds is 4. The van der Waals surface area contributed by atoms with E-state index in [1.807, 2.05) is 6.07 Å². The van der Waals surface area contributed by atoms with Crippen molar-refractivity contribution < 1.29 is 14.0 Å². The molecule has 0 fully saturated rings. The van der Waals surface area contributed by atoms with E-state index in [1.54, 1.807) is 36.3 Å². The van der Waals surface area contributed by atoms with E-state index in [2.05, 4.69) is 31.2 Å². The van der Waals surface area contributed by atoms with Crippen molar-refractivity contribution in [2.75, 3.05) is 18.9 Å². The molecule has 2 amide bonds. The van der Waals surface area contributed by atoms with Gasteiger partial charge in [-0.15, -0.1) is 0 Å². The summed E-state index contributed by atoms with van der Waals surface area (Å²) in [6, 6.07) is 9.36. The minimum Gasteiger partial charge on any atom is -0.357 e. The van der Waals surface area contributed by atoms with E-state index in [1.165, 1.54) is 12.1 Å². The minimum absolute atomic E-state index is 0.0255. The van der Waals surface area contributed by atoms with Gasteiger partial charge in [0.25, 0.3) is 5.91 Å². The number of anilines is 1. The normalized spacial score (nSPS) is 13.3. The summed E-state index contributed by atoms with van der Waals surface area (Å²) in [5.41, 5.74) is 3.83. The predicted molar refractivity (Wildman–Crippen MR) is 111 cm³/mol. The number of fused-ring (bicyclic) bond motifs is 1. The van der Waals surface area contributed by atoms with Crippen LogP contribution in [0, 0.1) is 5.82 Å². The number of aromatic amines is 1. The van der Waals surface area contributed by atoms with E-state index in [9.17, 15) is 14.0 Å². The molecule has 1 aliphatic rings. The number of H-pyrrole nitrogens is 1. The zero-order chi connectivity index (χ0) is 20.5. The van der Waals surface area contributed by atoms with Gasteiger partial charge in [-0.25, -0.2) is 9.37 Å². The van der Waals surface area contributed by atoms with E-state index >= 15 is 0 Å². The summed E-state index contributed by atoms with van der Waals surface area (Å²) in [5.74, 6) is -0.213. The number of carbonyl (C=O) groups excluding carboxylic acids is 2. The Morgan fingerprint density at radius 1 is 1.31 bits per heavy atom. The quantitative estimate of drug-likeness (QED) is 0.626. The lowest BCUT2D eigenvalue weighted by Crippen LogP contribution is -2.33. The van der Waals surface area contributed by atoms with E-state index in [-0.39, 0.29) is 24.1 Å². The van der Waals surface area contributed by atoms with Crippen LogP contribution in [0.1, 0.15) is 21.6 Å². The highest BCUT2D eigenvalue weighted by Crippen LogP contribution is 2.36. The van der Waals surface area contributed by atoms with Crippen molar-refractivity contribution in [3.8, 4) is 11.3 Å². The predicted octanol–water partition coefficient (Wildman–Crippen LogP) is 3.79. The van der Waals surface area contributed by atoms with Crippen LogP contribution in [0.4, 0.5) is 10.2 Å². The SMILES string of the molecule is CN1CCc2[nH]c(-c3ccnc(NC(=O)Cc4ccc(F)cc4)c3)c(Br)c2C1=O. The number of halogens is 2. The number of benzene rings is 1. The molecular formula is C21H18BrFN4O2. The average Bonchev–Trinajstić information content (AvgIpc) is 3.04. The molecule has 0 radical (unpaired) electrons. The van der Waals surface area contributed by atoms with Crippen LogP contribution in [0.3, 0.4) is 0 Å². The molecule has 0 unspecified atom stereocenters. The Morgan fingerprint density at radius 3 is 2.83 bits per heavy atom. The molecule has 3 aromatic rings. The van der Waals surface area contributed by atoms with Gasteiger partial charge >= 0.3 is 0 Å². The van der Waals surface area contributed by atoms with Gasteiger partial charge in [-0.1, -0.05) is 12.1 Å². The third-order valence-corrected chi connectivity index (χ3v) is 5.66. The molecule has 2 N–H and O–H groups in total. The molecule has 2 aromatic heterocycles. The molecule has 0 spiro atoms. The van der Waals surface area contributed by atoms with Crippen molar-refractivity contribution in [3.05, 3.63) is 69.7 Å². The van der Waals surface area contributed by atoms with Gasteiger partial charge in [0.1, 0.15) is 11.6 Å². The van der Waals surface area contributed by atoms with Gasteiger partial charge in [0.2, 0.25) is 5.91 Å². The molecule has 148 valence electrons. The van der Waals surface area contributed by atoms with Crippen LogP contribution < -0.4 is 5.32 Å². The van der Waals surface area contributed by atoms with Gasteiger partial charge in [0.05, 0.1) is 22.2 Å². The Labute approximate surface area is 175 Å². The van der Waals surface area contributed by atoms with E-state index in [0.717, 1.165) is 23.4 Å². The first-order valence-corrected chi connectivity index (χ1v) is 9.88. The van der Waals surface area contributed by atoms with Gasteiger partial charge in [0.15, 0.2) is 0 Å². The lowest BCUT2D eigenvalue weighted by molar-refractivity contribution is -0.115. The summed E-state index contributed by atoms with van der Waals surface area (Å²) in [6.07, 6.45) is 2.47. The highest BCUT2D eigenvalue weighted by molar-refractivity contribution is 9.10. The third-order valence-electron chi connectivity index (χ3n) is 4.87. The summed E-state index contributed by atoms with van der Waals surface area (Å²) in [5, 5.41) is 2.76. The molecule has 4 rings (SSSR count). The molecule has 6 nitrogen and oxygen atoms in total. The molecule has 29 heavy (non-hydrogen) atoms. The summed E-state index contributed by atoms with van der Waals surface area (Å²) in [6.45, 7) is 0.666. The summed E-state index contributed by atoms with van der Waals surface area (Å²) in [4.78, 5) is 34.0. The highest BCUT2D eigenvalue weighted by Gasteiger charge is 2.28. The molecule has 1 aliphatic heterocycles.